The molecular formula is C26H24N4O. The summed E-state index contributed by atoms with van der Waals surface area (Å²) in [5, 5.41) is 7.93. The Morgan fingerprint density at radius 2 is 1.74 bits per heavy atom. The smallest absolute Gasteiger partial charge is 0.274 e. The molecule has 0 N–H and O–H groups in total. The molecule has 3 heterocycles. The molecule has 154 valence electrons. The SMILES string of the molecule is CC1CN(Cc2ccc(-c3noc(-c4cc5ccccc5n4C)n3)c3ccccc23)C1. The molecule has 0 bridgehead atoms. The fourth-order valence-corrected chi connectivity index (χ4v) is 4.82. The molecule has 5 heteroatoms. The minimum atomic E-state index is 0.538. The number of rotatable bonds is 4. The summed E-state index contributed by atoms with van der Waals surface area (Å²) in [7, 11) is 2.03. The zero-order valence-corrected chi connectivity index (χ0v) is 17.7. The van der Waals surface area contributed by atoms with Gasteiger partial charge in [-0.05, 0) is 34.4 Å². The third-order valence-electron chi connectivity index (χ3n) is 6.39. The van der Waals surface area contributed by atoms with Crippen LogP contribution in [0.4, 0.5) is 0 Å². The summed E-state index contributed by atoms with van der Waals surface area (Å²) < 4.78 is 7.81. The molecule has 5 nitrogen and oxygen atoms in total. The van der Waals surface area contributed by atoms with E-state index in [2.05, 4.69) is 76.1 Å². The van der Waals surface area contributed by atoms with Crippen molar-refractivity contribution in [2.45, 2.75) is 13.5 Å². The quantitative estimate of drug-likeness (QED) is 0.394. The first-order valence-electron chi connectivity index (χ1n) is 10.8. The van der Waals surface area contributed by atoms with Gasteiger partial charge in [0.2, 0.25) is 5.82 Å². The predicted molar refractivity (Wildman–Crippen MR) is 124 cm³/mol. The lowest BCUT2D eigenvalue weighted by Crippen LogP contribution is -2.44. The molecule has 0 radical (unpaired) electrons. The Morgan fingerprint density at radius 3 is 2.55 bits per heavy atom. The number of benzene rings is 3. The largest absolute Gasteiger partial charge is 0.340 e. The van der Waals surface area contributed by atoms with Gasteiger partial charge in [-0.1, -0.05) is 66.7 Å². The number of para-hydroxylation sites is 1. The minimum absolute atomic E-state index is 0.538. The van der Waals surface area contributed by atoms with Gasteiger partial charge in [-0.2, -0.15) is 4.98 Å². The van der Waals surface area contributed by atoms with Gasteiger partial charge in [0.05, 0.1) is 0 Å². The predicted octanol–water partition coefficient (Wildman–Crippen LogP) is 5.50. The Morgan fingerprint density at radius 1 is 0.968 bits per heavy atom. The van der Waals surface area contributed by atoms with E-state index in [0.717, 1.165) is 40.0 Å². The van der Waals surface area contributed by atoms with Crippen LogP contribution in [0.1, 0.15) is 12.5 Å². The number of hydrogen-bond donors (Lipinski definition) is 0. The number of fused-ring (bicyclic) bond motifs is 2. The topological polar surface area (TPSA) is 47.1 Å². The fourth-order valence-electron chi connectivity index (χ4n) is 4.82. The summed E-state index contributed by atoms with van der Waals surface area (Å²) in [6.07, 6.45) is 0. The number of aromatic nitrogens is 3. The van der Waals surface area contributed by atoms with E-state index >= 15 is 0 Å². The zero-order chi connectivity index (χ0) is 20.9. The monoisotopic (exact) mass is 408 g/mol. The standard InChI is InChI=1S/C26H24N4O/c1-17-14-30(15-17)16-19-11-12-22(21-9-5-4-8-20(19)21)25-27-26(31-28-25)24-13-18-7-3-6-10-23(18)29(24)2/h3-13,17H,14-16H2,1-2H3. The average Bonchev–Trinajstić information content (AvgIpc) is 3.38. The van der Waals surface area contributed by atoms with Crippen molar-refractivity contribution in [3.05, 3.63) is 72.3 Å². The lowest BCUT2D eigenvalue weighted by Gasteiger charge is -2.37. The summed E-state index contributed by atoms with van der Waals surface area (Å²) in [6, 6.07) is 23.3. The van der Waals surface area contributed by atoms with E-state index < -0.39 is 0 Å². The second-order valence-corrected chi connectivity index (χ2v) is 8.69. The lowest BCUT2D eigenvalue weighted by atomic mass is 9.96. The molecule has 6 rings (SSSR count). The maximum absolute atomic E-state index is 5.71. The maximum Gasteiger partial charge on any atom is 0.274 e. The first-order valence-corrected chi connectivity index (χ1v) is 10.8. The Balaban J connectivity index is 1.40. The molecule has 31 heavy (non-hydrogen) atoms. The first-order chi connectivity index (χ1) is 15.2. The van der Waals surface area contributed by atoms with Crippen LogP contribution in [-0.2, 0) is 13.6 Å². The van der Waals surface area contributed by atoms with Crippen LogP contribution >= 0.6 is 0 Å². The second-order valence-electron chi connectivity index (χ2n) is 8.69. The van der Waals surface area contributed by atoms with Crippen molar-refractivity contribution in [1.29, 1.82) is 0 Å². The van der Waals surface area contributed by atoms with E-state index in [1.165, 1.54) is 24.0 Å². The molecular weight excluding hydrogens is 384 g/mol. The van der Waals surface area contributed by atoms with E-state index in [-0.39, 0.29) is 0 Å². The van der Waals surface area contributed by atoms with Crippen molar-refractivity contribution in [2.24, 2.45) is 13.0 Å². The molecule has 0 atom stereocenters. The van der Waals surface area contributed by atoms with Gasteiger partial charge in [0.1, 0.15) is 5.69 Å². The molecule has 0 unspecified atom stereocenters. The molecule has 0 aliphatic carbocycles. The Kier molecular flexibility index (Phi) is 4.18. The van der Waals surface area contributed by atoms with Crippen LogP contribution < -0.4 is 0 Å². The van der Waals surface area contributed by atoms with Gasteiger partial charge in [-0.25, -0.2) is 0 Å². The molecule has 0 spiro atoms. The summed E-state index contributed by atoms with van der Waals surface area (Å²) in [6.45, 7) is 5.64. The van der Waals surface area contributed by atoms with Crippen LogP contribution in [0.25, 0.3) is 44.6 Å². The highest BCUT2D eigenvalue weighted by Gasteiger charge is 2.23. The van der Waals surface area contributed by atoms with Gasteiger partial charge in [0.15, 0.2) is 0 Å². The maximum atomic E-state index is 5.71. The Labute approximate surface area is 180 Å². The first kappa shape index (κ1) is 18.3. The number of nitrogens with zero attached hydrogens (tertiary/aromatic N) is 4. The van der Waals surface area contributed by atoms with Gasteiger partial charge in [0.25, 0.3) is 5.89 Å². The fraction of sp³-hybridized carbons (Fsp3) is 0.231. The molecule has 3 aromatic carbocycles. The van der Waals surface area contributed by atoms with Crippen LogP contribution in [-0.4, -0.2) is 32.7 Å². The van der Waals surface area contributed by atoms with Crippen molar-refractivity contribution in [1.82, 2.24) is 19.6 Å². The molecule has 5 aromatic rings. The normalized spacial score (nSPS) is 15.0. The molecule has 1 fully saturated rings. The molecule has 1 aliphatic rings. The van der Waals surface area contributed by atoms with E-state index in [1.54, 1.807) is 0 Å². The lowest BCUT2D eigenvalue weighted by molar-refractivity contribution is 0.105. The average molecular weight is 409 g/mol. The van der Waals surface area contributed by atoms with E-state index in [9.17, 15) is 0 Å². The second kappa shape index (κ2) is 7.06. The van der Waals surface area contributed by atoms with Crippen molar-refractivity contribution in [3.63, 3.8) is 0 Å². The molecule has 0 amide bonds. The molecule has 1 saturated heterocycles. The highest BCUT2D eigenvalue weighted by molar-refractivity contribution is 5.97. The molecule has 1 aliphatic heterocycles. The van der Waals surface area contributed by atoms with Crippen LogP contribution in [0.5, 0.6) is 0 Å². The summed E-state index contributed by atoms with van der Waals surface area (Å²) in [5.41, 5.74) is 4.42. The zero-order valence-electron chi connectivity index (χ0n) is 17.7. The summed E-state index contributed by atoms with van der Waals surface area (Å²) >= 11 is 0. The highest BCUT2D eigenvalue weighted by atomic mass is 16.5. The van der Waals surface area contributed by atoms with Gasteiger partial charge in [0, 0.05) is 43.1 Å². The highest BCUT2D eigenvalue weighted by Crippen LogP contribution is 2.33. The summed E-state index contributed by atoms with van der Waals surface area (Å²) in [5.74, 6) is 1.97. The van der Waals surface area contributed by atoms with Crippen molar-refractivity contribution < 1.29 is 4.52 Å². The third-order valence-corrected chi connectivity index (χ3v) is 6.39. The van der Waals surface area contributed by atoms with E-state index in [0.29, 0.717) is 11.7 Å². The summed E-state index contributed by atoms with van der Waals surface area (Å²) in [4.78, 5) is 7.27. The van der Waals surface area contributed by atoms with Crippen molar-refractivity contribution in [3.8, 4) is 23.0 Å². The van der Waals surface area contributed by atoms with Gasteiger partial charge >= 0.3 is 0 Å². The van der Waals surface area contributed by atoms with Crippen LogP contribution in [0.2, 0.25) is 0 Å². The number of hydrogen-bond acceptors (Lipinski definition) is 4. The van der Waals surface area contributed by atoms with Gasteiger partial charge in [-0.15, -0.1) is 0 Å². The van der Waals surface area contributed by atoms with E-state index in [4.69, 9.17) is 9.51 Å². The third kappa shape index (κ3) is 3.04. The number of aryl methyl sites for hydroxylation is 1. The van der Waals surface area contributed by atoms with E-state index in [1.807, 2.05) is 19.2 Å². The minimum Gasteiger partial charge on any atom is -0.340 e. The Bertz CT molecular complexity index is 1410. The Hall–Kier alpha value is -3.44. The molecule has 2 aromatic heterocycles. The molecule has 0 saturated carbocycles. The van der Waals surface area contributed by atoms with Crippen LogP contribution in [0.3, 0.4) is 0 Å². The van der Waals surface area contributed by atoms with Crippen LogP contribution in [0, 0.1) is 5.92 Å². The van der Waals surface area contributed by atoms with Crippen LogP contribution in [0.15, 0.2) is 71.3 Å². The van der Waals surface area contributed by atoms with Gasteiger partial charge in [-0.3, -0.25) is 4.90 Å². The van der Waals surface area contributed by atoms with Gasteiger partial charge < -0.3 is 9.09 Å². The van der Waals surface area contributed by atoms with Crippen molar-refractivity contribution in [2.75, 3.05) is 13.1 Å². The number of likely N-dealkylation sites (tertiary alicyclic amines) is 1. The van der Waals surface area contributed by atoms with Crippen molar-refractivity contribution >= 4 is 21.7 Å².